The quantitative estimate of drug-likeness (QED) is 0.481. The van der Waals surface area contributed by atoms with E-state index in [2.05, 4.69) is 5.32 Å². The highest BCUT2D eigenvalue weighted by Crippen LogP contribution is 2.35. The van der Waals surface area contributed by atoms with Crippen molar-refractivity contribution in [2.75, 3.05) is 29.5 Å². The van der Waals surface area contributed by atoms with Gasteiger partial charge in [-0.25, -0.2) is 9.18 Å². The molecule has 2 aliphatic rings. The second kappa shape index (κ2) is 7.69. The Morgan fingerprint density at radius 1 is 1.48 bits per heavy atom. The summed E-state index contributed by atoms with van der Waals surface area (Å²) in [6.45, 7) is 1.88. The first-order valence-corrected chi connectivity index (χ1v) is 10.4. The fourth-order valence-corrected chi connectivity index (χ4v) is 4.94. The van der Waals surface area contributed by atoms with Crippen LogP contribution in [0.3, 0.4) is 0 Å². The van der Waals surface area contributed by atoms with Crippen molar-refractivity contribution in [1.29, 1.82) is 0 Å². The average Bonchev–Trinajstić information content (AvgIpc) is 2.89. The lowest BCUT2D eigenvalue weighted by molar-refractivity contribution is -0.528. The maximum atomic E-state index is 14.6. The Balaban J connectivity index is 1.74. The van der Waals surface area contributed by atoms with Crippen LogP contribution in [0.1, 0.15) is 31.2 Å². The number of benzene rings is 1. The number of nitrogens with zero attached hydrogens (tertiary/aromatic N) is 1. The van der Waals surface area contributed by atoms with Gasteiger partial charge in [-0.1, -0.05) is 6.07 Å². The lowest BCUT2D eigenvalue weighted by atomic mass is 9.93. The number of amides is 2. The smallest absolute Gasteiger partial charge is 0.413 e. The molecule has 25 heavy (non-hydrogen) atoms. The molecule has 137 valence electrons. The summed E-state index contributed by atoms with van der Waals surface area (Å²) in [6.07, 6.45) is 1.45. The highest BCUT2D eigenvalue weighted by molar-refractivity contribution is 7.99. The van der Waals surface area contributed by atoms with Gasteiger partial charge in [0.25, 0.3) is 0 Å². The monoisotopic (exact) mass is 478 g/mol. The van der Waals surface area contributed by atoms with E-state index in [0.717, 1.165) is 29.9 Å². The molecule has 2 fully saturated rings. The summed E-state index contributed by atoms with van der Waals surface area (Å²) >= 11 is 3.92. The molecule has 2 aliphatic heterocycles. The number of hydrogen-bond donors (Lipinski definition) is 1. The number of cyclic esters (lactones) is 1. The third-order valence-electron chi connectivity index (χ3n) is 4.44. The number of thioether (sulfide) groups is 1. The Morgan fingerprint density at radius 2 is 2.20 bits per heavy atom. The Labute approximate surface area is 164 Å². The maximum absolute atomic E-state index is 14.6. The van der Waals surface area contributed by atoms with Crippen LogP contribution in [0, 0.1) is 5.82 Å². The first-order chi connectivity index (χ1) is 11.9. The van der Waals surface area contributed by atoms with Crippen LogP contribution < -0.4 is 32.8 Å². The SMILES string of the molecule is CC(=O)NC[C@@]1([I-])CN(c2ccc(C3CCSCC3)c(F)c2)C(=O)O1. The third-order valence-corrected chi connectivity index (χ3v) is 6.43. The predicted molar refractivity (Wildman–Crippen MR) is 90.9 cm³/mol. The summed E-state index contributed by atoms with van der Waals surface area (Å²) in [5.74, 6) is 1.92. The zero-order chi connectivity index (χ0) is 18.0. The fraction of sp³-hybridized carbons (Fsp3) is 0.529. The minimum atomic E-state index is -0.851. The van der Waals surface area contributed by atoms with Crippen LogP contribution in [0.15, 0.2) is 18.2 Å². The van der Waals surface area contributed by atoms with Gasteiger partial charge in [0.2, 0.25) is 5.91 Å². The molecular formula is C17H20FIN2O3S-. The van der Waals surface area contributed by atoms with Gasteiger partial charge in [-0.05, 0) is 48.0 Å². The topological polar surface area (TPSA) is 58.6 Å². The molecule has 1 aromatic rings. The average molecular weight is 478 g/mol. The maximum Gasteiger partial charge on any atom is 0.413 e. The van der Waals surface area contributed by atoms with Gasteiger partial charge in [0.1, 0.15) is 5.82 Å². The van der Waals surface area contributed by atoms with Gasteiger partial charge in [-0.15, -0.1) is 0 Å². The summed E-state index contributed by atoms with van der Waals surface area (Å²) in [7, 11) is 0. The van der Waals surface area contributed by atoms with E-state index in [4.69, 9.17) is 4.74 Å². The van der Waals surface area contributed by atoms with Crippen molar-refractivity contribution in [3.63, 3.8) is 0 Å². The summed E-state index contributed by atoms with van der Waals surface area (Å²) in [4.78, 5) is 24.7. The third kappa shape index (κ3) is 4.39. The molecule has 3 rings (SSSR count). The van der Waals surface area contributed by atoms with Gasteiger partial charge < -0.3 is 32.6 Å². The molecule has 1 N–H and O–H groups in total. The summed E-state index contributed by atoms with van der Waals surface area (Å²) in [5, 5.41) is 2.66. The highest BCUT2D eigenvalue weighted by Gasteiger charge is 2.36. The molecule has 1 radical (unpaired) electrons. The van der Waals surface area contributed by atoms with Crippen LogP contribution in [-0.4, -0.2) is 40.2 Å². The van der Waals surface area contributed by atoms with E-state index in [1.54, 1.807) is 12.1 Å². The van der Waals surface area contributed by atoms with Gasteiger partial charge >= 0.3 is 6.09 Å². The second-order valence-electron chi connectivity index (χ2n) is 6.34. The number of nitrogens with one attached hydrogen (secondary N) is 1. The number of anilines is 1. The van der Waals surface area contributed by atoms with E-state index in [-0.39, 0.29) is 30.7 Å². The molecule has 2 heterocycles. The molecule has 0 aliphatic carbocycles. The van der Waals surface area contributed by atoms with Crippen LogP contribution in [0.2, 0.25) is 0 Å². The van der Waals surface area contributed by atoms with Gasteiger partial charge in [-0.3, -0.25) is 9.69 Å². The number of rotatable bonds is 4. The van der Waals surface area contributed by atoms with Gasteiger partial charge in [0, 0.05) is 23.6 Å². The standard InChI is InChI=1S/C17H20FIN2O3S/c1-11(22)20-9-17(19)10-21(16(23)24-17)13-2-3-14(15(18)8-13)12-4-6-25-7-5-12/h2-3,8,12H,4-7,9-10H2,1H3,(H,20,22)/q-1/t17-/m0/s1. The van der Waals surface area contributed by atoms with Gasteiger partial charge in [-0.2, -0.15) is 11.8 Å². The second-order valence-corrected chi connectivity index (χ2v) is 9.53. The molecule has 5 nitrogen and oxygen atoms in total. The minimum absolute atomic E-state index is 0.188. The Bertz CT molecular complexity index is 684. The minimum Gasteiger partial charge on any atom is -0.741 e. The molecule has 1 aromatic carbocycles. The predicted octanol–water partition coefficient (Wildman–Crippen LogP) is -0.221. The van der Waals surface area contributed by atoms with Crippen LogP contribution in [-0.2, 0) is 9.53 Å². The molecule has 1 atom stereocenters. The van der Waals surface area contributed by atoms with Gasteiger partial charge in [0.15, 0.2) is 0 Å². The zero-order valence-electron chi connectivity index (χ0n) is 13.9. The Kier molecular flexibility index (Phi) is 5.77. The van der Waals surface area contributed by atoms with E-state index < -0.39 is 9.70 Å². The Hall–Kier alpha value is -1.03. The number of carbonyl (C=O) groups excluding carboxylic acids is 2. The summed E-state index contributed by atoms with van der Waals surface area (Å²) < 4.78 is 19.2. The molecule has 8 heteroatoms. The zero-order valence-corrected chi connectivity index (χ0v) is 16.9. The van der Waals surface area contributed by atoms with Crippen molar-refractivity contribution in [3.05, 3.63) is 29.6 Å². The van der Waals surface area contributed by atoms with E-state index in [0.29, 0.717) is 5.69 Å². The number of ether oxygens (including phenoxy) is 1. The van der Waals surface area contributed by atoms with Crippen molar-refractivity contribution >= 4 is 29.4 Å². The number of halogens is 2. The molecular weight excluding hydrogens is 458 g/mol. The fourth-order valence-electron chi connectivity index (χ4n) is 3.11. The lowest BCUT2D eigenvalue weighted by Gasteiger charge is -2.33. The molecule has 0 saturated carbocycles. The molecule has 2 amide bonds. The summed E-state index contributed by atoms with van der Waals surface area (Å²) in [5.41, 5.74) is 1.22. The molecule has 2 saturated heterocycles. The van der Waals surface area contributed by atoms with Crippen molar-refractivity contribution in [2.45, 2.75) is 29.3 Å². The lowest BCUT2D eigenvalue weighted by Crippen LogP contribution is -3.44. The first kappa shape index (κ1) is 18.8. The van der Waals surface area contributed by atoms with E-state index in [1.165, 1.54) is 17.9 Å². The Morgan fingerprint density at radius 3 is 2.84 bits per heavy atom. The number of carbonyl (C=O) groups is 2. The van der Waals surface area contributed by atoms with Crippen molar-refractivity contribution < 1.29 is 41.3 Å². The van der Waals surface area contributed by atoms with Crippen molar-refractivity contribution in [1.82, 2.24) is 5.32 Å². The first-order valence-electron chi connectivity index (χ1n) is 8.19. The molecule has 0 unspecified atom stereocenters. The van der Waals surface area contributed by atoms with Crippen LogP contribution >= 0.6 is 11.8 Å². The molecule has 0 aromatic heterocycles. The van der Waals surface area contributed by atoms with Crippen molar-refractivity contribution in [2.24, 2.45) is 0 Å². The van der Waals surface area contributed by atoms with Crippen LogP contribution in [0.25, 0.3) is 0 Å². The van der Waals surface area contributed by atoms with E-state index in [1.807, 2.05) is 34.4 Å². The highest BCUT2D eigenvalue weighted by atomic mass is 127. The van der Waals surface area contributed by atoms with Crippen LogP contribution in [0.4, 0.5) is 14.9 Å². The van der Waals surface area contributed by atoms with Gasteiger partial charge in [0.05, 0.1) is 5.69 Å². The normalized spacial score (nSPS) is 24.3. The summed E-state index contributed by atoms with van der Waals surface area (Å²) in [6, 6.07) is 4.99. The number of alkyl halides is 1. The van der Waals surface area contributed by atoms with Crippen molar-refractivity contribution in [3.8, 4) is 0 Å². The van der Waals surface area contributed by atoms with E-state index in [9.17, 15) is 14.0 Å². The largest absolute Gasteiger partial charge is 0.741 e. The van der Waals surface area contributed by atoms with E-state index >= 15 is 0 Å². The molecule has 0 spiro atoms. The van der Waals surface area contributed by atoms with Crippen LogP contribution in [0.5, 0.6) is 0 Å². The molecule has 0 bridgehead atoms. The number of hydrogen-bond acceptors (Lipinski definition) is 4.